The first-order valence-corrected chi connectivity index (χ1v) is 12.1. The van der Waals surface area contributed by atoms with Crippen LogP contribution in [-0.4, -0.2) is 47.1 Å². The van der Waals surface area contributed by atoms with Crippen LogP contribution in [0.3, 0.4) is 0 Å². The fourth-order valence-corrected chi connectivity index (χ4v) is 3.57. The molecule has 4 rings (SSSR count). The topological polar surface area (TPSA) is 54.0 Å². The van der Waals surface area contributed by atoms with Crippen molar-refractivity contribution in [3.8, 4) is 28.3 Å². The minimum Gasteiger partial charge on any atom is -0.497 e. The molecule has 1 N–H and O–H groups in total. The van der Waals surface area contributed by atoms with E-state index in [1.807, 2.05) is 84.3 Å². The number of H-pyrrole nitrogens is 1. The highest BCUT2D eigenvalue weighted by Crippen LogP contribution is 2.35. The Morgan fingerprint density at radius 3 is 2.12 bits per heavy atom. The van der Waals surface area contributed by atoms with Crippen LogP contribution in [0.5, 0.6) is 5.75 Å². The Balaban J connectivity index is 0.000000789. The second kappa shape index (κ2) is 15.2. The Morgan fingerprint density at radius 2 is 1.53 bits per heavy atom. The van der Waals surface area contributed by atoms with E-state index in [1.165, 1.54) is 0 Å². The lowest BCUT2D eigenvalue weighted by atomic mass is 9.96. The fourth-order valence-electron chi connectivity index (χ4n) is 3.57. The third kappa shape index (κ3) is 7.20. The van der Waals surface area contributed by atoms with Crippen molar-refractivity contribution >= 4 is 0 Å². The molecular formula is C27H42N4O. The van der Waals surface area contributed by atoms with Gasteiger partial charge in [0.05, 0.1) is 18.5 Å². The van der Waals surface area contributed by atoms with Crippen LogP contribution in [0.25, 0.3) is 22.5 Å². The van der Waals surface area contributed by atoms with Crippen LogP contribution in [0.4, 0.5) is 0 Å². The van der Waals surface area contributed by atoms with Crippen molar-refractivity contribution in [1.82, 2.24) is 19.9 Å². The molecule has 5 nitrogen and oxygen atoms in total. The summed E-state index contributed by atoms with van der Waals surface area (Å²) in [6.07, 6.45) is 5.91. The van der Waals surface area contributed by atoms with Gasteiger partial charge in [-0.3, -0.25) is 4.98 Å². The van der Waals surface area contributed by atoms with E-state index < -0.39 is 0 Å². The van der Waals surface area contributed by atoms with Gasteiger partial charge in [0.15, 0.2) is 0 Å². The number of imidazole rings is 1. The number of nitrogens with zero attached hydrogens (tertiary/aromatic N) is 3. The summed E-state index contributed by atoms with van der Waals surface area (Å²) in [7, 11) is 3.87. The zero-order valence-electron chi connectivity index (χ0n) is 21.3. The molecule has 0 bridgehead atoms. The fraction of sp³-hybridized carbons (Fsp3) is 0.481. The number of methoxy groups -OCH3 is 1. The largest absolute Gasteiger partial charge is 0.497 e. The van der Waals surface area contributed by atoms with E-state index in [0.717, 1.165) is 60.0 Å². The van der Waals surface area contributed by atoms with Crippen LogP contribution in [0.1, 0.15) is 66.1 Å². The number of ether oxygens (including phenoxy) is 1. The Labute approximate surface area is 195 Å². The lowest BCUT2D eigenvalue weighted by Crippen LogP contribution is -2.29. The van der Waals surface area contributed by atoms with Crippen molar-refractivity contribution in [1.29, 1.82) is 0 Å². The Bertz CT molecular complexity index is 868. The molecule has 1 aliphatic heterocycles. The second-order valence-electron chi connectivity index (χ2n) is 6.89. The van der Waals surface area contributed by atoms with Gasteiger partial charge in [-0.2, -0.15) is 0 Å². The average molecular weight is 439 g/mol. The van der Waals surface area contributed by atoms with Gasteiger partial charge in [0.1, 0.15) is 11.6 Å². The monoisotopic (exact) mass is 438 g/mol. The van der Waals surface area contributed by atoms with Crippen LogP contribution < -0.4 is 4.74 Å². The van der Waals surface area contributed by atoms with Gasteiger partial charge in [0.25, 0.3) is 0 Å². The molecule has 5 heteroatoms. The molecule has 32 heavy (non-hydrogen) atoms. The molecule has 1 saturated heterocycles. The van der Waals surface area contributed by atoms with Crippen molar-refractivity contribution in [3.63, 3.8) is 0 Å². The van der Waals surface area contributed by atoms with E-state index in [1.54, 1.807) is 7.11 Å². The van der Waals surface area contributed by atoms with Crippen molar-refractivity contribution in [3.05, 3.63) is 54.6 Å². The van der Waals surface area contributed by atoms with Crippen LogP contribution in [0.15, 0.2) is 48.8 Å². The van der Waals surface area contributed by atoms with Gasteiger partial charge in [-0.1, -0.05) is 53.7 Å². The van der Waals surface area contributed by atoms with Crippen molar-refractivity contribution in [2.75, 3.05) is 27.2 Å². The third-order valence-corrected chi connectivity index (χ3v) is 5.14. The predicted octanol–water partition coefficient (Wildman–Crippen LogP) is 7.04. The molecule has 0 saturated carbocycles. The summed E-state index contributed by atoms with van der Waals surface area (Å²) in [4.78, 5) is 15.2. The smallest absolute Gasteiger partial charge is 0.119 e. The number of likely N-dealkylation sites (tertiary alicyclic amines) is 1. The lowest BCUT2D eigenvalue weighted by molar-refractivity contribution is 0.251. The van der Waals surface area contributed by atoms with E-state index >= 15 is 0 Å². The van der Waals surface area contributed by atoms with Gasteiger partial charge in [-0.15, -0.1) is 0 Å². The highest BCUT2D eigenvalue weighted by Gasteiger charge is 2.24. The van der Waals surface area contributed by atoms with Crippen LogP contribution in [0.2, 0.25) is 0 Å². The standard InChI is InChI=1S/C21H24N4O.3C2H6/c1-25-12-8-16(9-13-25)21-23-19(15-6-10-22-11-7-15)20(24-21)17-4-3-5-18(14-17)26-2;3*1-2/h3-7,10-11,14,16H,8-9,12-13H2,1-2H3,(H,23,24);3*1-2H3. The van der Waals surface area contributed by atoms with Crippen LogP contribution in [-0.2, 0) is 0 Å². The Kier molecular flexibility index (Phi) is 13.0. The zero-order valence-corrected chi connectivity index (χ0v) is 21.3. The number of hydrogen-bond acceptors (Lipinski definition) is 4. The summed E-state index contributed by atoms with van der Waals surface area (Å²) in [5.74, 6) is 2.40. The number of aromatic nitrogens is 3. The molecule has 2 aromatic heterocycles. The summed E-state index contributed by atoms with van der Waals surface area (Å²) in [6.45, 7) is 14.2. The maximum Gasteiger partial charge on any atom is 0.119 e. The number of hydrogen-bond donors (Lipinski definition) is 1. The molecule has 1 fully saturated rings. The zero-order chi connectivity index (χ0) is 23.9. The maximum absolute atomic E-state index is 5.40. The molecule has 0 spiro atoms. The molecule has 3 aromatic rings. The van der Waals surface area contributed by atoms with Gasteiger partial charge in [-0.05, 0) is 57.2 Å². The van der Waals surface area contributed by atoms with E-state index in [-0.39, 0.29) is 0 Å². The molecule has 176 valence electrons. The van der Waals surface area contributed by atoms with E-state index in [9.17, 15) is 0 Å². The van der Waals surface area contributed by atoms with E-state index in [0.29, 0.717) is 5.92 Å². The Hall–Kier alpha value is -2.66. The maximum atomic E-state index is 5.40. The minimum absolute atomic E-state index is 0.478. The minimum atomic E-state index is 0.478. The van der Waals surface area contributed by atoms with E-state index in [2.05, 4.69) is 28.0 Å². The van der Waals surface area contributed by atoms with Gasteiger partial charge >= 0.3 is 0 Å². The number of nitrogens with one attached hydrogen (secondary N) is 1. The molecule has 0 amide bonds. The number of benzene rings is 1. The molecule has 0 unspecified atom stereocenters. The molecule has 1 aromatic carbocycles. The third-order valence-electron chi connectivity index (χ3n) is 5.14. The van der Waals surface area contributed by atoms with Gasteiger partial charge < -0.3 is 14.6 Å². The summed E-state index contributed by atoms with van der Waals surface area (Å²) >= 11 is 0. The van der Waals surface area contributed by atoms with Crippen molar-refractivity contribution < 1.29 is 4.74 Å². The summed E-state index contributed by atoms with van der Waals surface area (Å²) < 4.78 is 5.40. The van der Waals surface area contributed by atoms with Gasteiger partial charge in [0, 0.05) is 29.4 Å². The number of rotatable bonds is 4. The SMILES string of the molecule is CC.CC.CC.COc1cccc(-c2nc(C3CCN(C)CC3)[nH]c2-c2ccncc2)c1. The summed E-state index contributed by atoms with van der Waals surface area (Å²) in [6, 6.07) is 12.1. The first kappa shape index (κ1) is 27.4. The number of piperidine rings is 1. The molecule has 0 atom stereocenters. The first-order valence-electron chi connectivity index (χ1n) is 12.1. The molecule has 0 aliphatic carbocycles. The first-order chi connectivity index (χ1) is 15.7. The van der Waals surface area contributed by atoms with Crippen LogP contribution >= 0.6 is 0 Å². The number of pyridine rings is 1. The summed E-state index contributed by atoms with van der Waals surface area (Å²) in [5, 5.41) is 0. The summed E-state index contributed by atoms with van der Waals surface area (Å²) in [5.41, 5.74) is 4.19. The Morgan fingerprint density at radius 1 is 0.906 bits per heavy atom. The molecule has 1 aliphatic rings. The molecule has 0 radical (unpaired) electrons. The van der Waals surface area contributed by atoms with Gasteiger partial charge in [-0.25, -0.2) is 4.98 Å². The highest BCUT2D eigenvalue weighted by molar-refractivity contribution is 5.78. The molecular weight excluding hydrogens is 396 g/mol. The van der Waals surface area contributed by atoms with Crippen LogP contribution in [0, 0.1) is 0 Å². The lowest BCUT2D eigenvalue weighted by Gasteiger charge is -2.27. The average Bonchev–Trinajstić information content (AvgIpc) is 3.34. The highest BCUT2D eigenvalue weighted by atomic mass is 16.5. The van der Waals surface area contributed by atoms with Crippen molar-refractivity contribution in [2.45, 2.75) is 60.3 Å². The number of aromatic amines is 1. The molecule has 3 heterocycles. The second-order valence-corrected chi connectivity index (χ2v) is 6.89. The van der Waals surface area contributed by atoms with Gasteiger partial charge in [0.2, 0.25) is 0 Å². The van der Waals surface area contributed by atoms with E-state index in [4.69, 9.17) is 9.72 Å². The normalized spacial score (nSPS) is 13.5. The predicted molar refractivity (Wildman–Crippen MR) is 137 cm³/mol. The van der Waals surface area contributed by atoms with Crippen molar-refractivity contribution in [2.24, 2.45) is 0 Å². The quantitative estimate of drug-likeness (QED) is 0.475.